The Balaban J connectivity index is 1.66. The van der Waals surface area contributed by atoms with E-state index >= 15 is 0 Å². The van der Waals surface area contributed by atoms with Crippen LogP contribution in [0.3, 0.4) is 0 Å². The topological polar surface area (TPSA) is 74.3 Å². The van der Waals surface area contributed by atoms with Crippen LogP contribution < -0.4 is 20.9 Å². The Morgan fingerprint density at radius 3 is 2.56 bits per heavy atom. The van der Waals surface area contributed by atoms with Crippen molar-refractivity contribution in [2.45, 2.75) is 33.9 Å². The van der Waals surface area contributed by atoms with E-state index in [0.29, 0.717) is 36.2 Å². The molecular weight excluding hydrogens is 430 g/mol. The highest BCUT2D eigenvalue weighted by molar-refractivity contribution is 5.77. The summed E-state index contributed by atoms with van der Waals surface area (Å²) in [5, 5.41) is 0. The van der Waals surface area contributed by atoms with E-state index in [0.717, 1.165) is 29.1 Å². The lowest BCUT2D eigenvalue weighted by Gasteiger charge is -2.33. The fourth-order valence-corrected chi connectivity index (χ4v) is 4.74. The maximum absolute atomic E-state index is 13.6. The SMILES string of the molecule is CCOc1ccc(N2C[C@@H](C)Cn3c2nc2c3c(=O)n(Cc3cccc(C)c3)c(=O)n2C)cc1. The van der Waals surface area contributed by atoms with Crippen molar-refractivity contribution in [3.63, 3.8) is 0 Å². The van der Waals surface area contributed by atoms with Gasteiger partial charge in [-0.3, -0.25) is 13.9 Å². The molecule has 5 rings (SSSR count). The Bertz CT molecular complexity index is 1480. The van der Waals surface area contributed by atoms with E-state index in [2.05, 4.69) is 11.8 Å². The van der Waals surface area contributed by atoms with Crippen molar-refractivity contribution in [3.8, 4) is 5.75 Å². The summed E-state index contributed by atoms with van der Waals surface area (Å²) < 4.78 is 10.3. The monoisotopic (exact) mass is 459 g/mol. The second-order valence-electron chi connectivity index (χ2n) is 9.06. The minimum absolute atomic E-state index is 0.224. The molecule has 1 aliphatic rings. The molecule has 0 fully saturated rings. The van der Waals surface area contributed by atoms with Gasteiger partial charge in [-0.1, -0.05) is 36.8 Å². The van der Waals surface area contributed by atoms with Gasteiger partial charge in [-0.2, -0.15) is 4.98 Å². The molecule has 0 saturated heterocycles. The molecule has 0 bridgehead atoms. The summed E-state index contributed by atoms with van der Waals surface area (Å²) in [4.78, 5) is 33.7. The Morgan fingerprint density at radius 1 is 1.09 bits per heavy atom. The summed E-state index contributed by atoms with van der Waals surface area (Å²) in [5.41, 5.74) is 3.18. The van der Waals surface area contributed by atoms with Crippen molar-refractivity contribution >= 4 is 22.8 Å². The van der Waals surface area contributed by atoms with Gasteiger partial charge in [-0.15, -0.1) is 0 Å². The number of anilines is 2. The van der Waals surface area contributed by atoms with Crippen LogP contribution in [0.4, 0.5) is 11.6 Å². The number of rotatable bonds is 5. The molecule has 1 aliphatic heterocycles. The predicted octanol–water partition coefficient (Wildman–Crippen LogP) is 3.44. The minimum atomic E-state index is -0.366. The maximum Gasteiger partial charge on any atom is 0.332 e. The van der Waals surface area contributed by atoms with Gasteiger partial charge in [0, 0.05) is 25.8 Å². The standard InChI is InChI=1S/C26H29N5O3/c1-5-34-21-11-9-20(10-12-21)29-14-18(3)15-30-22-23(27-25(29)30)28(4)26(33)31(24(22)32)16-19-8-6-7-17(2)13-19/h6-13,18H,5,14-16H2,1-4H3/t18-/m1/s1. The first-order chi connectivity index (χ1) is 16.4. The van der Waals surface area contributed by atoms with E-state index in [-0.39, 0.29) is 17.8 Å². The summed E-state index contributed by atoms with van der Waals surface area (Å²) in [6, 6.07) is 15.8. The lowest BCUT2D eigenvalue weighted by atomic mass is 10.1. The van der Waals surface area contributed by atoms with Crippen LogP contribution in [0.25, 0.3) is 11.2 Å². The van der Waals surface area contributed by atoms with Crippen LogP contribution >= 0.6 is 0 Å². The van der Waals surface area contributed by atoms with Gasteiger partial charge in [-0.05, 0) is 49.6 Å². The summed E-state index contributed by atoms with van der Waals surface area (Å²) in [7, 11) is 1.68. The molecule has 0 saturated carbocycles. The zero-order valence-electron chi connectivity index (χ0n) is 20.0. The highest BCUT2D eigenvalue weighted by atomic mass is 16.5. The maximum atomic E-state index is 13.6. The summed E-state index contributed by atoms with van der Waals surface area (Å²) >= 11 is 0. The van der Waals surface area contributed by atoms with Gasteiger partial charge in [-0.25, -0.2) is 4.79 Å². The molecular formula is C26H29N5O3. The van der Waals surface area contributed by atoms with Crippen LogP contribution in [0.15, 0.2) is 58.1 Å². The first-order valence-corrected chi connectivity index (χ1v) is 11.6. The van der Waals surface area contributed by atoms with Gasteiger partial charge in [0.15, 0.2) is 11.2 Å². The average Bonchev–Trinajstić information content (AvgIpc) is 3.20. The van der Waals surface area contributed by atoms with Crippen molar-refractivity contribution in [2.24, 2.45) is 13.0 Å². The third-order valence-electron chi connectivity index (χ3n) is 6.32. The van der Waals surface area contributed by atoms with Crippen molar-refractivity contribution in [1.29, 1.82) is 0 Å². The number of benzene rings is 2. The van der Waals surface area contributed by atoms with Crippen molar-refractivity contribution in [3.05, 3.63) is 80.5 Å². The Hall–Kier alpha value is -3.81. The molecule has 0 aliphatic carbocycles. The normalized spacial score (nSPS) is 15.5. The van der Waals surface area contributed by atoms with E-state index in [1.807, 2.05) is 66.9 Å². The highest BCUT2D eigenvalue weighted by Crippen LogP contribution is 2.33. The van der Waals surface area contributed by atoms with Crippen molar-refractivity contribution in [2.75, 3.05) is 18.1 Å². The Morgan fingerprint density at radius 2 is 1.85 bits per heavy atom. The fraction of sp³-hybridized carbons (Fsp3) is 0.346. The number of hydrogen-bond acceptors (Lipinski definition) is 5. The number of fused-ring (bicyclic) bond motifs is 3. The second kappa shape index (κ2) is 8.52. The molecule has 0 radical (unpaired) electrons. The van der Waals surface area contributed by atoms with E-state index in [4.69, 9.17) is 9.72 Å². The number of aryl methyl sites for hydroxylation is 2. The number of ether oxygens (including phenoxy) is 1. The first kappa shape index (κ1) is 22.0. The highest BCUT2D eigenvalue weighted by Gasteiger charge is 2.29. The van der Waals surface area contributed by atoms with Gasteiger partial charge >= 0.3 is 5.69 Å². The Kier molecular flexibility index (Phi) is 5.51. The quantitative estimate of drug-likeness (QED) is 0.457. The average molecular weight is 460 g/mol. The van der Waals surface area contributed by atoms with Gasteiger partial charge in [0.2, 0.25) is 5.95 Å². The molecule has 176 valence electrons. The predicted molar refractivity (Wildman–Crippen MR) is 133 cm³/mol. The Labute approximate surface area is 197 Å². The van der Waals surface area contributed by atoms with E-state index in [1.54, 1.807) is 7.05 Å². The molecule has 0 N–H and O–H groups in total. The number of aromatic nitrogens is 4. The molecule has 3 heterocycles. The van der Waals surface area contributed by atoms with Crippen molar-refractivity contribution < 1.29 is 4.74 Å². The first-order valence-electron chi connectivity index (χ1n) is 11.6. The third-order valence-corrected chi connectivity index (χ3v) is 6.32. The number of imidazole rings is 1. The van der Waals surface area contributed by atoms with Gasteiger partial charge in [0.05, 0.1) is 13.2 Å². The zero-order chi connectivity index (χ0) is 24.0. The molecule has 8 heteroatoms. The summed E-state index contributed by atoms with van der Waals surface area (Å²) in [6.07, 6.45) is 0. The second-order valence-corrected chi connectivity index (χ2v) is 9.06. The van der Waals surface area contributed by atoms with Crippen LogP contribution in [0, 0.1) is 12.8 Å². The molecule has 2 aromatic heterocycles. The smallest absolute Gasteiger partial charge is 0.332 e. The largest absolute Gasteiger partial charge is 0.494 e. The fourth-order valence-electron chi connectivity index (χ4n) is 4.74. The summed E-state index contributed by atoms with van der Waals surface area (Å²) in [6.45, 7) is 8.38. The zero-order valence-corrected chi connectivity index (χ0v) is 20.0. The van der Waals surface area contributed by atoms with Crippen LogP contribution in [0.5, 0.6) is 5.75 Å². The third kappa shape index (κ3) is 3.69. The minimum Gasteiger partial charge on any atom is -0.494 e. The molecule has 1 atom stereocenters. The molecule has 0 unspecified atom stereocenters. The molecule has 34 heavy (non-hydrogen) atoms. The molecule has 0 spiro atoms. The molecule has 8 nitrogen and oxygen atoms in total. The van der Waals surface area contributed by atoms with Gasteiger partial charge < -0.3 is 14.2 Å². The van der Waals surface area contributed by atoms with E-state index < -0.39 is 0 Å². The molecule has 2 aromatic carbocycles. The van der Waals surface area contributed by atoms with Crippen LogP contribution in [0.1, 0.15) is 25.0 Å². The number of nitrogens with zero attached hydrogens (tertiary/aromatic N) is 5. The number of hydrogen-bond donors (Lipinski definition) is 0. The van der Waals surface area contributed by atoms with Crippen LogP contribution in [-0.4, -0.2) is 31.8 Å². The molecule has 0 amide bonds. The van der Waals surface area contributed by atoms with E-state index in [1.165, 1.54) is 9.13 Å². The van der Waals surface area contributed by atoms with Crippen molar-refractivity contribution in [1.82, 2.24) is 18.7 Å². The van der Waals surface area contributed by atoms with E-state index in [9.17, 15) is 9.59 Å². The van der Waals surface area contributed by atoms with Gasteiger partial charge in [0.25, 0.3) is 5.56 Å². The van der Waals surface area contributed by atoms with Crippen LogP contribution in [0.2, 0.25) is 0 Å². The molecule has 4 aromatic rings. The summed E-state index contributed by atoms with van der Waals surface area (Å²) in [5.74, 6) is 1.78. The lowest BCUT2D eigenvalue weighted by Crippen LogP contribution is -2.40. The van der Waals surface area contributed by atoms with Crippen LogP contribution in [-0.2, 0) is 20.1 Å². The van der Waals surface area contributed by atoms with Gasteiger partial charge in [0.1, 0.15) is 5.75 Å². The lowest BCUT2D eigenvalue weighted by molar-refractivity contribution is 0.340.